The van der Waals surface area contributed by atoms with E-state index in [0.29, 0.717) is 35.6 Å². The molecule has 4 heterocycles. The number of aromatic nitrogens is 7. The number of aliphatic hydroxyl groups is 1. The Balaban J connectivity index is 1.51. The molecule has 2 aromatic carbocycles. The summed E-state index contributed by atoms with van der Waals surface area (Å²) in [5.41, 5.74) is 2.60. The number of rotatable bonds is 6. The highest BCUT2D eigenvalue weighted by Gasteiger charge is 2.33. The molecule has 0 aliphatic carbocycles. The summed E-state index contributed by atoms with van der Waals surface area (Å²) in [6.45, 7) is 0.212. The van der Waals surface area contributed by atoms with E-state index in [-0.39, 0.29) is 5.75 Å². The predicted octanol–water partition coefficient (Wildman–Crippen LogP) is 3.95. The number of aromatic amines is 1. The Morgan fingerprint density at radius 2 is 1.92 bits per heavy atom. The van der Waals surface area contributed by atoms with Crippen LogP contribution in [-0.2, 0) is 19.1 Å². The Bertz CT molecular complexity index is 1750. The lowest BCUT2D eigenvalue weighted by Gasteiger charge is -2.22. The van der Waals surface area contributed by atoms with Gasteiger partial charge >= 0.3 is 12.3 Å². The zero-order chi connectivity index (χ0) is 27.5. The highest BCUT2D eigenvalue weighted by atomic mass is 19.3. The van der Waals surface area contributed by atoms with Gasteiger partial charge in [-0.3, -0.25) is 4.57 Å². The Morgan fingerprint density at radius 3 is 2.59 bits per heavy atom. The molecule has 3 aromatic heterocycles. The highest BCUT2D eigenvalue weighted by molar-refractivity contribution is 5.83. The molecule has 0 unspecified atom stereocenters. The van der Waals surface area contributed by atoms with E-state index in [1.165, 1.54) is 10.6 Å². The fourth-order valence-corrected chi connectivity index (χ4v) is 5.18. The van der Waals surface area contributed by atoms with E-state index in [2.05, 4.69) is 20.2 Å². The van der Waals surface area contributed by atoms with Crippen molar-refractivity contribution in [2.75, 3.05) is 0 Å². The quantitative estimate of drug-likeness (QED) is 0.339. The zero-order valence-electron chi connectivity index (χ0n) is 21.4. The number of H-pyrrole nitrogens is 1. The molecule has 2 N–H and O–H groups in total. The van der Waals surface area contributed by atoms with Crippen molar-refractivity contribution in [1.29, 1.82) is 0 Å². The van der Waals surface area contributed by atoms with Crippen LogP contribution in [0.1, 0.15) is 43.5 Å². The smallest absolute Gasteiger partial charge is 0.387 e. The van der Waals surface area contributed by atoms with Gasteiger partial charge in [-0.15, -0.1) is 0 Å². The first-order valence-electron chi connectivity index (χ1n) is 12.4. The lowest BCUT2D eigenvalue weighted by molar-refractivity contribution is -0.0506. The topological polar surface area (TPSA) is 124 Å². The molecule has 0 fully saturated rings. The number of alkyl halides is 2. The lowest BCUT2D eigenvalue weighted by atomic mass is 9.96. The molecule has 0 saturated carbocycles. The van der Waals surface area contributed by atoms with E-state index in [1.807, 2.05) is 22.8 Å². The summed E-state index contributed by atoms with van der Waals surface area (Å²) < 4.78 is 35.3. The minimum Gasteiger partial charge on any atom is -0.434 e. The maximum Gasteiger partial charge on any atom is 0.387 e. The second-order valence-corrected chi connectivity index (χ2v) is 10.0. The largest absolute Gasteiger partial charge is 0.434 e. The number of imidazole rings is 1. The summed E-state index contributed by atoms with van der Waals surface area (Å²) in [5, 5.41) is 16.8. The van der Waals surface area contributed by atoms with E-state index in [4.69, 9.17) is 9.72 Å². The number of fused-ring (bicyclic) bond motifs is 3. The molecule has 1 atom stereocenters. The average molecular weight is 534 g/mol. The molecule has 0 saturated heterocycles. The van der Waals surface area contributed by atoms with Gasteiger partial charge in [-0.2, -0.15) is 13.9 Å². The van der Waals surface area contributed by atoms with Crippen molar-refractivity contribution in [3.05, 3.63) is 76.5 Å². The first-order valence-corrected chi connectivity index (χ1v) is 12.4. The molecule has 0 spiro atoms. The first-order chi connectivity index (χ1) is 18.6. The van der Waals surface area contributed by atoms with Crippen LogP contribution in [0.15, 0.2) is 53.6 Å². The number of benzene rings is 2. The van der Waals surface area contributed by atoms with Crippen molar-refractivity contribution in [2.45, 2.75) is 44.9 Å². The summed E-state index contributed by atoms with van der Waals surface area (Å²) in [5.74, 6) is 1.46. The van der Waals surface area contributed by atoms with E-state index in [0.717, 1.165) is 28.0 Å². The van der Waals surface area contributed by atoms with Crippen LogP contribution in [0, 0.1) is 0 Å². The third-order valence-corrected chi connectivity index (χ3v) is 6.98. The molecule has 0 bridgehead atoms. The molecule has 200 valence electrons. The first kappa shape index (κ1) is 24.9. The molecule has 5 aromatic rings. The minimum absolute atomic E-state index is 0.0180. The molecule has 0 amide bonds. The number of hydrogen-bond acceptors (Lipinski definition) is 7. The van der Waals surface area contributed by atoms with Crippen molar-refractivity contribution < 1.29 is 18.6 Å². The van der Waals surface area contributed by atoms with Gasteiger partial charge in [-0.1, -0.05) is 18.2 Å². The van der Waals surface area contributed by atoms with Gasteiger partial charge in [0.1, 0.15) is 17.2 Å². The van der Waals surface area contributed by atoms with E-state index in [1.54, 1.807) is 45.4 Å². The average Bonchev–Trinajstić information content (AvgIpc) is 3.57. The van der Waals surface area contributed by atoms with Gasteiger partial charge in [0.15, 0.2) is 11.6 Å². The van der Waals surface area contributed by atoms with Gasteiger partial charge in [0.2, 0.25) is 0 Å². The lowest BCUT2D eigenvalue weighted by Crippen LogP contribution is -2.19. The van der Waals surface area contributed by atoms with Crippen molar-refractivity contribution in [3.63, 3.8) is 0 Å². The summed E-state index contributed by atoms with van der Waals surface area (Å²) in [7, 11) is 1.57. The number of aryl methyl sites for hydroxylation is 1. The molecule has 39 heavy (non-hydrogen) atoms. The van der Waals surface area contributed by atoms with Gasteiger partial charge in [0.25, 0.3) is 0 Å². The van der Waals surface area contributed by atoms with Crippen LogP contribution in [-0.4, -0.2) is 46.0 Å². The fraction of sp³-hybridized carbons (Fsp3) is 0.296. The Labute approximate surface area is 221 Å². The second kappa shape index (κ2) is 9.09. The predicted molar refractivity (Wildman–Crippen MR) is 138 cm³/mol. The SMILES string of the molecule is Cn1c(-c2cccc(OC(F)F)c2[C@H]2CCc3nc4ccc(-c5cnc(C(C)(C)O)nc5)cc4n32)n[nH]c1=O. The number of nitrogens with one attached hydrogen (secondary N) is 1. The molecule has 1 aliphatic heterocycles. The summed E-state index contributed by atoms with van der Waals surface area (Å²) in [6, 6.07) is 10.2. The van der Waals surface area contributed by atoms with E-state index >= 15 is 0 Å². The Morgan fingerprint density at radius 1 is 1.15 bits per heavy atom. The molecule has 0 radical (unpaired) electrons. The maximum atomic E-state index is 13.5. The van der Waals surface area contributed by atoms with E-state index in [9.17, 15) is 18.7 Å². The molecule has 6 rings (SSSR count). The van der Waals surface area contributed by atoms with E-state index < -0.39 is 23.9 Å². The van der Waals surface area contributed by atoms with Crippen LogP contribution >= 0.6 is 0 Å². The Hall–Kier alpha value is -4.45. The number of halogens is 2. The van der Waals surface area contributed by atoms with Crippen LogP contribution in [0.2, 0.25) is 0 Å². The molecule has 10 nitrogen and oxygen atoms in total. The van der Waals surface area contributed by atoms with Crippen LogP contribution in [0.25, 0.3) is 33.5 Å². The van der Waals surface area contributed by atoms with Gasteiger partial charge < -0.3 is 14.4 Å². The fourth-order valence-electron chi connectivity index (χ4n) is 5.18. The molecular formula is C27H25F2N7O3. The minimum atomic E-state index is -3.03. The summed E-state index contributed by atoms with van der Waals surface area (Å²) in [6.07, 6.45) is 4.53. The number of nitrogens with zero attached hydrogens (tertiary/aromatic N) is 6. The maximum absolute atomic E-state index is 13.5. The summed E-state index contributed by atoms with van der Waals surface area (Å²) >= 11 is 0. The summed E-state index contributed by atoms with van der Waals surface area (Å²) in [4.78, 5) is 25.6. The molecule has 1 aliphatic rings. The van der Waals surface area contributed by atoms with Crippen LogP contribution < -0.4 is 10.4 Å². The number of ether oxygens (including phenoxy) is 1. The zero-order valence-corrected chi connectivity index (χ0v) is 21.4. The third kappa shape index (κ3) is 4.26. The van der Waals surface area contributed by atoms with Crippen molar-refractivity contribution in [3.8, 4) is 28.3 Å². The second-order valence-electron chi connectivity index (χ2n) is 10.0. The van der Waals surface area contributed by atoms with Gasteiger partial charge in [0.05, 0.1) is 17.1 Å². The van der Waals surface area contributed by atoms with Crippen molar-refractivity contribution >= 4 is 11.0 Å². The standard InChI is InChI=1S/C27H25F2N7O3/c1-27(2,38)24-30-12-15(13-31-24)14-7-8-17-19(11-14)36-18(9-10-21(36)32-17)22-16(23-33-34-26(37)35(23)3)5-4-6-20(22)39-25(28)29/h4-8,11-13,18,25,38H,9-10H2,1-3H3,(H,34,37)/t18-/m1/s1. The number of hydrogen-bond donors (Lipinski definition) is 2. The highest BCUT2D eigenvalue weighted by Crippen LogP contribution is 2.44. The molecular weight excluding hydrogens is 508 g/mol. The van der Waals surface area contributed by atoms with Crippen LogP contribution in [0.3, 0.4) is 0 Å². The van der Waals surface area contributed by atoms with Gasteiger partial charge in [-0.05, 0) is 44.0 Å². The van der Waals surface area contributed by atoms with Crippen LogP contribution in [0.5, 0.6) is 5.75 Å². The Kier molecular flexibility index (Phi) is 5.79. The third-order valence-electron chi connectivity index (χ3n) is 6.98. The molecule has 12 heteroatoms. The monoisotopic (exact) mass is 533 g/mol. The normalized spacial score (nSPS) is 15.3. The van der Waals surface area contributed by atoms with Gasteiger partial charge in [-0.25, -0.2) is 24.8 Å². The van der Waals surface area contributed by atoms with Crippen molar-refractivity contribution in [1.82, 2.24) is 34.3 Å². The van der Waals surface area contributed by atoms with Crippen LogP contribution in [0.4, 0.5) is 8.78 Å². The van der Waals surface area contributed by atoms with Crippen molar-refractivity contribution in [2.24, 2.45) is 7.05 Å². The van der Waals surface area contributed by atoms with Gasteiger partial charge in [0, 0.05) is 42.6 Å².